The highest BCUT2D eigenvalue weighted by atomic mass is 16.5. The smallest absolute Gasteiger partial charge is 0.246 e. The maximum atomic E-state index is 12.8. The summed E-state index contributed by atoms with van der Waals surface area (Å²) in [7, 11) is 1.76. The standard InChI is InChI=1S/C25H25N5O2/c1-18-23(19(2)32-28-18)17-29(3)24(31)12-11-22-16-30(15-20-8-5-4-6-9-20)27-25(22)21-10-7-13-26-14-21/h4-14,16H,15,17H2,1-3H3/b12-11+. The van der Waals surface area contributed by atoms with Crippen LogP contribution in [0.25, 0.3) is 17.3 Å². The highest BCUT2D eigenvalue weighted by Crippen LogP contribution is 2.23. The monoisotopic (exact) mass is 427 g/mol. The molecule has 7 heteroatoms. The molecule has 0 unspecified atom stereocenters. The fourth-order valence-electron chi connectivity index (χ4n) is 3.47. The molecule has 4 rings (SSSR count). The number of rotatable bonds is 7. The van der Waals surface area contributed by atoms with Crippen molar-refractivity contribution in [3.63, 3.8) is 0 Å². The van der Waals surface area contributed by atoms with Crippen molar-refractivity contribution < 1.29 is 9.32 Å². The van der Waals surface area contributed by atoms with E-state index < -0.39 is 0 Å². The Morgan fingerprint density at radius 1 is 1.16 bits per heavy atom. The molecule has 0 atom stereocenters. The molecule has 0 fully saturated rings. The lowest BCUT2D eigenvalue weighted by Crippen LogP contribution is -2.24. The molecule has 0 saturated carbocycles. The lowest BCUT2D eigenvalue weighted by molar-refractivity contribution is -0.125. The Morgan fingerprint density at radius 3 is 2.66 bits per heavy atom. The second kappa shape index (κ2) is 9.43. The topological polar surface area (TPSA) is 77.0 Å². The minimum atomic E-state index is -0.113. The predicted molar refractivity (Wildman–Crippen MR) is 122 cm³/mol. The average molecular weight is 428 g/mol. The minimum Gasteiger partial charge on any atom is -0.361 e. The van der Waals surface area contributed by atoms with Crippen molar-refractivity contribution in [3.8, 4) is 11.3 Å². The van der Waals surface area contributed by atoms with Crippen LogP contribution in [-0.4, -0.2) is 37.8 Å². The van der Waals surface area contributed by atoms with Gasteiger partial charge in [-0.25, -0.2) is 0 Å². The summed E-state index contributed by atoms with van der Waals surface area (Å²) in [6.45, 7) is 4.81. The molecule has 1 aromatic carbocycles. The van der Waals surface area contributed by atoms with Gasteiger partial charge in [0.25, 0.3) is 0 Å². The molecular weight excluding hydrogens is 402 g/mol. The van der Waals surface area contributed by atoms with Crippen LogP contribution in [0.2, 0.25) is 0 Å². The van der Waals surface area contributed by atoms with E-state index in [0.29, 0.717) is 13.1 Å². The fraction of sp³-hybridized carbons (Fsp3) is 0.200. The van der Waals surface area contributed by atoms with Crippen LogP contribution in [0, 0.1) is 13.8 Å². The molecule has 3 heterocycles. The van der Waals surface area contributed by atoms with Gasteiger partial charge in [0, 0.05) is 48.4 Å². The summed E-state index contributed by atoms with van der Waals surface area (Å²) in [4.78, 5) is 18.6. The maximum absolute atomic E-state index is 12.8. The third-order valence-electron chi connectivity index (χ3n) is 5.27. The molecule has 3 aromatic heterocycles. The summed E-state index contributed by atoms with van der Waals surface area (Å²) in [6.07, 6.45) is 8.84. The number of aryl methyl sites for hydroxylation is 2. The van der Waals surface area contributed by atoms with Crippen molar-refractivity contribution in [1.29, 1.82) is 0 Å². The molecule has 0 aliphatic rings. The molecule has 0 saturated heterocycles. The molecular formula is C25H25N5O2. The molecule has 0 spiro atoms. The van der Waals surface area contributed by atoms with E-state index in [2.05, 4.69) is 22.3 Å². The summed E-state index contributed by atoms with van der Waals surface area (Å²) in [6, 6.07) is 14.0. The SMILES string of the molecule is Cc1noc(C)c1CN(C)C(=O)/C=C/c1cn(Cc2ccccc2)nc1-c1cccnc1. The van der Waals surface area contributed by atoms with Gasteiger partial charge < -0.3 is 9.42 Å². The maximum Gasteiger partial charge on any atom is 0.246 e. The van der Waals surface area contributed by atoms with Crippen molar-refractivity contribution in [1.82, 2.24) is 24.8 Å². The number of carbonyl (C=O) groups is 1. The minimum absolute atomic E-state index is 0.113. The van der Waals surface area contributed by atoms with Gasteiger partial charge in [0.15, 0.2) is 0 Å². The van der Waals surface area contributed by atoms with Crippen molar-refractivity contribution in [2.24, 2.45) is 0 Å². The number of hydrogen-bond acceptors (Lipinski definition) is 5. The first-order valence-corrected chi connectivity index (χ1v) is 10.4. The zero-order valence-electron chi connectivity index (χ0n) is 18.4. The predicted octanol–water partition coefficient (Wildman–Crippen LogP) is 4.27. The largest absolute Gasteiger partial charge is 0.361 e. The highest BCUT2D eigenvalue weighted by molar-refractivity contribution is 5.92. The Bertz CT molecular complexity index is 1210. The molecule has 4 aromatic rings. The Labute approximate surface area is 187 Å². The van der Waals surface area contributed by atoms with E-state index in [0.717, 1.165) is 39.4 Å². The second-order valence-electron chi connectivity index (χ2n) is 7.69. The molecule has 0 radical (unpaired) electrons. The van der Waals surface area contributed by atoms with Gasteiger partial charge in [0.2, 0.25) is 5.91 Å². The molecule has 0 aliphatic heterocycles. The van der Waals surface area contributed by atoms with Gasteiger partial charge >= 0.3 is 0 Å². The Hall–Kier alpha value is -4.00. The third-order valence-corrected chi connectivity index (χ3v) is 5.27. The summed E-state index contributed by atoms with van der Waals surface area (Å²) in [5, 5.41) is 8.72. The Kier molecular flexibility index (Phi) is 6.26. The number of benzene rings is 1. The van der Waals surface area contributed by atoms with E-state index >= 15 is 0 Å². The Balaban J connectivity index is 1.57. The van der Waals surface area contributed by atoms with E-state index in [1.54, 1.807) is 30.4 Å². The number of hydrogen-bond donors (Lipinski definition) is 0. The summed E-state index contributed by atoms with van der Waals surface area (Å²) < 4.78 is 7.08. The van der Waals surface area contributed by atoms with Gasteiger partial charge in [-0.1, -0.05) is 35.5 Å². The average Bonchev–Trinajstić information content (AvgIpc) is 3.36. The number of pyridine rings is 1. The first kappa shape index (κ1) is 21.2. The van der Waals surface area contributed by atoms with E-state index in [-0.39, 0.29) is 5.91 Å². The fourth-order valence-corrected chi connectivity index (χ4v) is 3.47. The lowest BCUT2D eigenvalue weighted by atomic mass is 10.1. The van der Waals surface area contributed by atoms with Crippen LogP contribution in [-0.2, 0) is 17.9 Å². The Morgan fingerprint density at radius 2 is 1.97 bits per heavy atom. The molecule has 7 nitrogen and oxygen atoms in total. The molecule has 0 aliphatic carbocycles. The van der Waals surface area contributed by atoms with Crippen molar-refractivity contribution >= 4 is 12.0 Å². The van der Waals surface area contributed by atoms with Crippen molar-refractivity contribution in [3.05, 3.63) is 95.3 Å². The first-order chi connectivity index (χ1) is 15.5. The second-order valence-corrected chi connectivity index (χ2v) is 7.69. The molecule has 162 valence electrons. The van der Waals surface area contributed by atoms with Gasteiger partial charge in [-0.3, -0.25) is 14.5 Å². The highest BCUT2D eigenvalue weighted by Gasteiger charge is 2.15. The quantitative estimate of drug-likeness (QED) is 0.412. The van der Waals surface area contributed by atoms with Crippen LogP contribution in [0.4, 0.5) is 0 Å². The van der Waals surface area contributed by atoms with Crippen LogP contribution in [0.5, 0.6) is 0 Å². The number of nitrogens with zero attached hydrogens (tertiary/aromatic N) is 5. The molecule has 1 amide bonds. The van der Waals surface area contributed by atoms with Gasteiger partial charge in [-0.2, -0.15) is 5.10 Å². The molecule has 0 bridgehead atoms. The van der Waals surface area contributed by atoms with E-state index in [9.17, 15) is 4.79 Å². The number of carbonyl (C=O) groups excluding carboxylic acids is 1. The van der Waals surface area contributed by atoms with E-state index in [1.165, 1.54) is 0 Å². The summed E-state index contributed by atoms with van der Waals surface area (Å²) in [5.74, 6) is 0.616. The van der Waals surface area contributed by atoms with Gasteiger partial charge in [0.1, 0.15) is 11.5 Å². The number of likely N-dealkylation sites (N-methyl/N-ethyl adjacent to an activating group) is 1. The van der Waals surface area contributed by atoms with Crippen LogP contribution in [0.15, 0.2) is 71.7 Å². The van der Waals surface area contributed by atoms with Crippen LogP contribution < -0.4 is 0 Å². The number of amides is 1. The van der Waals surface area contributed by atoms with E-state index in [4.69, 9.17) is 9.62 Å². The zero-order valence-corrected chi connectivity index (χ0v) is 18.4. The molecule has 32 heavy (non-hydrogen) atoms. The number of aromatic nitrogens is 4. The van der Waals surface area contributed by atoms with Crippen LogP contribution in [0.1, 0.15) is 28.1 Å². The van der Waals surface area contributed by atoms with Gasteiger partial charge in [0.05, 0.1) is 18.8 Å². The van der Waals surface area contributed by atoms with Crippen molar-refractivity contribution in [2.75, 3.05) is 7.05 Å². The summed E-state index contributed by atoms with van der Waals surface area (Å²) >= 11 is 0. The van der Waals surface area contributed by atoms with Crippen molar-refractivity contribution in [2.45, 2.75) is 26.9 Å². The van der Waals surface area contributed by atoms with Gasteiger partial charge in [-0.05, 0) is 37.6 Å². The third kappa shape index (κ3) is 4.83. The van der Waals surface area contributed by atoms with Gasteiger partial charge in [-0.15, -0.1) is 0 Å². The van der Waals surface area contributed by atoms with Crippen LogP contribution in [0.3, 0.4) is 0 Å². The lowest BCUT2D eigenvalue weighted by Gasteiger charge is -2.14. The van der Waals surface area contributed by atoms with E-state index in [1.807, 2.05) is 61.1 Å². The summed E-state index contributed by atoms with van der Waals surface area (Å²) in [5.41, 5.74) is 5.42. The first-order valence-electron chi connectivity index (χ1n) is 10.4. The zero-order chi connectivity index (χ0) is 22.5. The molecule has 0 N–H and O–H groups in total. The van der Waals surface area contributed by atoms with Crippen LogP contribution >= 0.6 is 0 Å². The normalized spacial score (nSPS) is 11.2.